The second kappa shape index (κ2) is 6.52. The number of hydrogen-bond donors (Lipinski definition) is 0. The normalized spacial score (nSPS) is 10.2. The van der Waals surface area contributed by atoms with Crippen molar-refractivity contribution in [1.82, 2.24) is 0 Å². The molecule has 0 saturated carbocycles. The van der Waals surface area contributed by atoms with E-state index in [0.29, 0.717) is 22.4 Å². The Kier molecular flexibility index (Phi) is 4.74. The molecule has 2 rings (SSSR count). The number of benzene rings is 2. The molecule has 0 radical (unpaired) electrons. The molecule has 2 aromatic rings. The molecule has 2 aromatic carbocycles. The maximum atomic E-state index is 12.8. The van der Waals surface area contributed by atoms with Gasteiger partial charge in [-0.15, -0.1) is 0 Å². The Morgan fingerprint density at radius 2 is 1.90 bits per heavy atom. The van der Waals surface area contributed by atoms with Gasteiger partial charge in [-0.1, -0.05) is 12.1 Å². The number of carbonyl (C=O) groups excluding carboxylic acids is 1. The fourth-order valence-corrected chi connectivity index (χ4v) is 2.02. The molecule has 0 heterocycles. The second-order valence-corrected chi connectivity index (χ2v) is 4.90. The summed E-state index contributed by atoms with van der Waals surface area (Å²) in [5.41, 5.74) is 1.23. The highest BCUT2D eigenvalue weighted by molar-refractivity contribution is 9.10. The van der Waals surface area contributed by atoms with Crippen LogP contribution in [-0.4, -0.2) is 13.1 Å². The van der Waals surface area contributed by atoms with Crippen LogP contribution in [0.3, 0.4) is 0 Å². The van der Waals surface area contributed by atoms with Gasteiger partial charge in [-0.2, -0.15) is 0 Å². The number of carbonyl (C=O) groups is 1. The zero-order valence-electron chi connectivity index (χ0n) is 10.7. The molecule has 0 aliphatic heterocycles. The first-order valence-corrected chi connectivity index (χ1v) is 6.64. The van der Waals surface area contributed by atoms with E-state index in [1.807, 2.05) is 0 Å². The third kappa shape index (κ3) is 3.57. The van der Waals surface area contributed by atoms with E-state index >= 15 is 0 Å². The van der Waals surface area contributed by atoms with Gasteiger partial charge >= 0.3 is 5.97 Å². The van der Waals surface area contributed by atoms with E-state index in [2.05, 4.69) is 20.7 Å². The van der Waals surface area contributed by atoms with Gasteiger partial charge in [-0.3, -0.25) is 0 Å². The molecule has 0 aliphatic carbocycles. The Balaban J connectivity index is 2.10. The highest BCUT2D eigenvalue weighted by atomic mass is 79.9. The third-order valence-corrected chi connectivity index (χ3v) is 3.35. The topological polar surface area (TPSA) is 35.5 Å². The average Bonchev–Trinajstić information content (AvgIpc) is 2.47. The minimum atomic E-state index is -0.441. The summed E-state index contributed by atoms with van der Waals surface area (Å²) in [6, 6.07) is 11.1. The van der Waals surface area contributed by atoms with Crippen LogP contribution in [0.1, 0.15) is 15.9 Å². The molecule has 0 amide bonds. The molecule has 20 heavy (non-hydrogen) atoms. The van der Waals surface area contributed by atoms with Gasteiger partial charge < -0.3 is 9.47 Å². The molecule has 0 spiro atoms. The molecule has 104 valence electrons. The van der Waals surface area contributed by atoms with E-state index in [0.717, 1.165) is 5.56 Å². The Morgan fingerprint density at radius 3 is 2.55 bits per heavy atom. The van der Waals surface area contributed by atoms with Gasteiger partial charge in [0.2, 0.25) is 0 Å². The van der Waals surface area contributed by atoms with Gasteiger partial charge in [0, 0.05) is 4.47 Å². The largest absolute Gasteiger partial charge is 0.489 e. The summed E-state index contributed by atoms with van der Waals surface area (Å²) in [5.74, 6) is -0.188. The van der Waals surface area contributed by atoms with Gasteiger partial charge in [0.1, 0.15) is 18.2 Å². The SMILES string of the molecule is COC(=O)c1cc(OCc2ccc(F)cc2)ccc1Br. The van der Waals surface area contributed by atoms with Crippen LogP contribution in [0.5, 0.6) is 5.75 Å². The van der Waals surface area contributed by atoms with Crippen molar-refractivity contribution in [3.63, 3.8) is 0 Å². The summed E-state index contributed by atoms with van der Waals surface area (Å²) in [7, 11) is 1.32. The van der Waals surface area contributed by atoms with Gasteiger partial charge in [0.05, 0.1) is 12.7 Å². The molecule has 3 nitrogen and oxygen atoms in total. The number of halogens is 2. The quantitative estimate of drug-likeness (QED) is 0.791. The molecular weight excluding hydrogens is 327 g/mol. The standard InChI is InChI=1S/C15H12BrFO3/c1-19-15(18)13-8-12(6-7-14(13)16)20-9-10-2-4-11(17)5-3-10/h2-8H,9H2,1H3. The Morgan fingerprint density at radius 1 is 1.20 bits per heavy atom. The molecule has 0 N–H and O–H groups in total. The van der Waals surface area contributed by atoms with Crippen molar-refractivity contribution in [3.05, 3.63) is 63.9 Å². The lowest BCUT2D eigenvalue weighted by molar-refractivity contribution is 0.0599. The Hall–Kier alpha value is -1.88. The summed E-state index contributed by atoms with van der Waals surface area (Å²) in [6.45, 7) is 0.294. The number of esters is 1. The van der Waals surface area contributed by atoms with Crippen molar-refractivity contribution in [1.29, 1.82) is 0 Å². The number of hydrogen-bond acceptors (Lipinski definition) is 3. The minimum Gasteiger partial charge on any atom is -0.489 e. The molecule has 0 saturated heterocycles. The van der Waals surface area contributed by atoms with Crippen molar-refractivity contribution in [2.75, 3.05) is 7.11 Å². The van der Waals surface area contributed by atoms with Gasteiger partial charge in [0.25, 0.3) is 0 Å². The fraction of sp³-hybridized carbons (Fsp3) is 0.133. The summed E-state index contributed by atoms with van der Waals surface area (Å²) in [4.78, 5) is 11.5. The lowest BCUT2D eigenvalue weighted by Crippen LogP contribution is -2.03. The van der Waals surface area contributed by atoms with Crippen molar-refractivity contribution in [2.24, 2.45) is 0 Å². The number of rotatable bonds is 4. The average molecular weight is 339 g/mol. The van der Waals surface area contributed by atoms with Gasteiger partial charge in [0.15, 0.2) is 0 Å². The van der Waals surface area contributed by atoms with Crippen molar-refractivity contribution in [3.8, 4) is 5.75 Å². The predicted molar refractivity (Wildman–Crippen MR) is 76.2 cm³/mol. The van der Waals surface area contributed by atoms with E-state index in [9.17, 15) is 9.18 Å². The Bertz CT molecular complexity index is 611. The molecule has 0 unspecified atom stereocenters. The van der Waals surface area contributed by atoms with Crippen LogP contribution >= 0.6 is 15.9 Å². The van der Waals surface area contributed by atoms with E-state index < -0.39 is 5.97 Å². The van der Waals surface area contributed by atoms with Crippen LogP contribution in [0.25, 0.3) is 0 Å². The van der Waals surface area contributed by atoms with E-state index in [1.165, 1.54) is 19.2 Å². The zero-order chi connectivity index (χ0) is 14.5. The van der Waals surface area contributed by atoms with Crippen LogP contribution in [-0.2, 0) is 11.3 Å². The van der Waals surface area contributed by atoms with E-state index in [1.54, 1.807) is 30.3 Å². The third-order valence-electron chi connectivity index (χ3n) is 2.66. The second-order valence-electron chi connectivity index (χ2n) is 4.05. The molecule has 0 fully saturated rings. The lowest BCUT2D eigenvalue weighted by atomic mass is 10.2. The van der Waals surface area contributed by atoms with E-state index in [-0.39, 0.29) is 5.82 Å². The Labute approximate surface area is 124 Å². The highest BCUT2D eigenvalue weighted by Gasteiger charge is 2.11. The molecular formula is C15H12BrFO3. The molecule has 0 atom stereocenters. The molecule has 5 heteroatoms. The van der Waals surface area contributed by atoms with Crippen LogP contribution < -0.4 is 4.74 Å². The minimum absolute atomic E-state index is 0.287. The number of methoxy groups -OCH3 is 1. The number of ether oxygens (including phenoxy) is 2. The van der Waals surface area contributed by atoms with Crippen LogP contribution in [0.15, 0.2) is 46.9 Å². The first-order chi connectivity index (χ1) is 9.60. The maximum absolute atomic E-state index is 12.8. The van der Waals surface area contributed by atoms with Gasteiger partial charge in [-0.25, -0.2) is 9.18 Å². The van der Waals surface area contributed by atoms with Crippen molar-refractivity contribution >= 4 is 21.9 Å². The smallest absolute Gasteiger partial charge is 0.339 e. The predicted octanol–water partition coefficient (Wildman–Crippen LogP) is 3.95. The summed E-state index contributed by atoms with van der Waals surface area (Å²) >= 11 is 3.28. The van der Waals surface area contributed by atoms with Gasteiger partial charge in [-0.05, 0) is 51.8 Å². The highest BCUT2D eigenvalue weighted by Crippen LogP contribution is 2.24. The lowest BCUT2D eigenvalue weighted by Gasteiger charge is -2.09. The van der Waals surface area contributed by atoms with E-state index in [4.69, 9.17) is 4.74 Å². The summed E-state index contributed by atoms with van der Waals surface area (Å²) in [6.07, 6.45) is 0. The van der Waals surface area contributed by atoms with Crippen molar-refractivity contribution in [2.45, 2.75) is 6.61 Å². The van der Waals surface area contributed by atoms with Crippen LogP contribution in [0, 0.1) is 5.82 Å². The monoisotopic (exact) mass is 338 g/mol. The first-order valence-electron chi connectivity index (χ1n) is 5.85. The summed E-state index contributed by atoms with van der Waals surface area (Å²) in [5, 5.41) is 0. The summed E-state index contributed by atoms with van der Waals surface area (Å²) < 4.78 is 23.7. The first kappa shape index (κ1) is 14.5. The fourth-order valence-electron chi connectivity index (χ4n) is 1.61. The van der Waals surface area contributed by atoms with Crippen molar-refractivity contribution < 1.29 is 18.7 Å². The van der Waals surface area contributed by atoms with Crippen LogP contribution in [0.4, 0.5) is 4.39 Å². The molecule has 0 aromatic heterocycles. The van der Waals surface area contributed by atoms with Crippen LogP contribution in [0.2, 0.25) is 0 Å². The maximum Gasteiger partial charge on any atom is 0.339 e. The molecule has 0 bridgehead atoms. The molecule has 0 aliphatic rings. The zero-order valence-corrected chi connectivity index (χ0v) is 12.3.